The molecular weight excluding hydrogens is 460 g/mol. The lowest BCUT2D eigenvalue weighted by atomic mass is 9.98. The molecule has 0 aliphatic heterocycles. The topological polar surface area (TPSA) is 108 Å². The standard InChI is InChI=1S/C25H27F2N3O5/c1-30(2)12-20(23(32)33)29-22(31)21-19(25(21,26)27)11-28-24(34)35-13-18-16-9-5-3-7-14(16)15-8-4-6-10-17(15)18/h3-10,18-21H,11-13H2,1-2H3,(H,28,34)(H,29,31)(H,32,33)/t19-,20-,21-/m0/s1. The van der Waals surface area contributed by atoms with E-state index in [1.54, 1.807) is 14.1 Å². The van der Waals surface area contributed by atoms with Crippen LogP contribution in [0.4, 0.5) is 13.6 Å². The van der Waals surface area contributed by atoms with Gasteiger partial charge >= 0.3 is 12.1 Å². The van der Waals surface area contributed by atoms with Gasteiger partial charge in [-0.2, -0.15) is 0 Å². The number of likely N-dealkylation sites (N-methyl/N-ethyl adjacent to an activating group) is 1. The van der Waals surface area contributed by atoms with E-state index in [0.29, 0.717) is 0 Å². The summed E-state index contributed by atoms with van der Waals surface area (Å²) < 4.78 is 33.8. The number of carboxylic acids is 1. The van der Waals surface area contributed by atoms with Gasteiger partial charge in [-0.15, -0.1) is 0 Å². The van der Waals surface area contributed by atoms with Gasteiger partial charge in [-0.3, -0.25) is 4.79 Å². The van der Waals surface area contributed by atoms with Gasteiger partial charge < -0.3 is 25.4 Å². The van der Waals surface area contributed by atoms with Crippen molar-refractivity contribution >= 4 is 18.0 Å². The molecular formula is C25H27F2N3O5. The van der Waals surface area contributed by atoms with E-state index in [0.717, 1.165) is 22.3 Å². The van der Waals surface area contributed by atoms with Crippen molar-refractivity contribution in [2.45, 2.75) is 17.9 Å². The molecule has 2 amide bonds. The maximum absolute atomic E-state index is 14.2. The molecule has 8 nitrogen and oxygen atoms in total. The summed E-state index contributed by atoms with van der Waals surface area (Å²) in [5.74, 6) is -9.02. The first-order chi connectivity index (χ1) is 16.6. The maximum Gasteiger partial charge on any atom is 0.407 e. The van der Waals surface area contributed by atoms with E-state index in [4.69, 9.17) is 4.74 Å². The smallest absolute Gasteiger partial charge is 0.407 e. The van der Waals surface area contributed by atoms with Gasteiger partial charge in [0.05, 0.1) is 5.92 Å². The highest BCUT2D eigenvalue weighted by atomic mass is 19.3. The summed E-state index contributed by atoms with van der Waals surface area (Å²) in [5, 5.41) is 13.7. The molecule has 2 aliphatic rings. The normalized spacial score (nSPS) is 20.5. The number of benzene rings is 2. The molecule has 2 aromatic carbocycles. The Kier molecular flexibility index (Phi) is 6.75. The average Bonchev–Trinajstić information content (AvgIpc) is 3.22. The monoisotopic (exact) mass is 487 g/mol. The maximum atomic E-state index is 14.2. The Bertz CT molecular complexity index is 1090. The van der Waals surface area contributed by atoms with Crippen molar-refractivity contribution < 1.29 is 33.0 Å². The van der Waals surface area contributed by atoms with Crippen LogP contribution in [0.25, 0.3) is 11.1 Å². The number of alkyl carbamates (subject to hydrolysis) is 1. The van der Waals surface area contributed by atoms with E-state index in [2.05, 4.69) is 10.6 Å². The van der Waals surface area contributed by atoms with E-state index in [1.807, 2.05) is 48.5 Å². The van der Waals surface area contributed by atoms with Crippen LogP contribution in [0.1, 0.15) is 17.0 Å². The summed E-state index contributed by atoms with van der Waals surface area (Å²) in [6.07, 6.45) is -0.857. The second-order valence-corrected chi connectivity index (χ2v) is 9.13. The number of carboxylic acid groups (broad SMARTS) is 1. The molecule has 0 aromatic heterocycles. The highest BCUT2D eigenvalue weighted by Crippen LogP contribution is 2.55. The fourth-order valence-electron chi connectivity index (χ4n) is 4.66. The molecule has 0 heterocycles. The Morgan fingerprint density at radius 1 is 1.06 bits per heavy atom. The summed E-state index contributed by atoms with van der Waals surface area (Å²) in [6.45, 7) is -0.467. The highest BCUT2D eigenvalue weighted by molar-refractivity contribution is 5.88. The number of nitrogens with one attached hydrogen (secondary N) is 2. The van der Waals surface area contributed by atoms with Crippen molar-refractivity contribution in [3.8, 4) is 11.1 Å². The van der Waals surface area contributed by atoms with Crippen molar-refractivity contribution in [3.05, 3.63) is 59.7 Å². The zero-order valence-corrected chi connectivity index (χ0v) is 19.3. The molecule has 0 radical (unpaired) electrons. The Hall–Kier alpha value is -3.53. The van der Waals surface area contributed by atoms with Crippen LogP contribution in [0.2, 0.25) is 0 Å². The fraction of sp³-hybridized carbons (Fsp3) is 0.400. The van der Waals surface area contributed by atoms with E-state index >= 15 is 0 Å². The number of fused-ring (bicyclic) bond motifs is 3. The van der Waals surface area contributed by atoms with Crippen molar-refractivity contribution in [1.82, 2.24) is 15.5 Å². The second kappa shape index (κ2) is 9.61. The molecule has 0 bridgehead atoms. The summed E-state index contributed by atoms with van der Waals surface area (Å²) in [4.78, 5) is 37.4. The molecule has 0 unspecified atom stereocenters. The predicted octanol–water partition coefficient (Wildman–Crippen LogP) is 2.54. The quantitative estimate of drug-likeness (QED) is 0.502. The third-order valence-electron chi connectivity index (χ3n) is 6.46. The van der Waals surface area contributed by atoms with Crippen molar-refractivity contribution in [2.75, 3.05) is 33.8 Å². The van der Waals surface area contributed by atoms with Crippen LogP contribution in [0.15, 0.2) is 48.5 Å². The molecule has 1 fully saturated rings. The molecule has 2 aromatic rings. The van der Waals surface area contributed by atoms with Gasteiger partial charge in [0.15, 0.2) is 0 Å². The van der Waals surface area contributed by atoms with E-state index in [9.17, 15) is 28.3 Å². The number of hydrogen-bond acceptors (Lipinski definition) is 5. The molecule has 1 saturated carbocycles. The molecule has 3 N–H and O–H groups in total. The molecule has 3 atom stereocenters. The summed E-state index contributed by atoms with van der Waals surface area (Å²) in [7, 11) is 3.21. The van der Waals surface area contributed by atoms with Crippen LogP contribution in [-0.2, 0) is 14.3 Å². The van der Waals surface area contributed by atoms with Gasteiger partial charge in [-0.05, 0) is 36.3 Å². The number of hydrogen-bond donors (Lipinski definition) is 3. The van der Waals surface area contributed by atoms with Crippen molar-refractivity contribution in [2.24, 2.45) is 11.8 Å². The lowest BCUT2D eigenvalue weighted by Gasteiger charge is -2.18. The largest absolute Gasteiger partial charge is 0.480 e. The van der Waals surface area contributed by atoms with E-state index in [1.165, 1.54) is 4.90 Å². The van der Waals surface area contributed by atoms with Crippen molar-refractivity contribution in [3.63, 3.8) is 0 Å². The molecule has 0 spiro atoms. The minimum absolute atomic E-state index is 0.0374. The molecule has 10 heteroatoms. The Balaban J connectivity index is 1.31. The first-order valence-corrected chi connectivity index (χ1v) is 11.3. The Morgan fingerprint density at radius 2 is 1.63 bits per heavy atom. The highest BCUT2D eigenvalue weighted by Gasteiger charge is 2.71. The first kappa shape index (κ1) is 24.6. The number of amides is 2. The minimum atomic E-state index is -3.35. The summed E-state index contributed by atoms with van der Waals surface area (Å²) in [6, 6.07) is 14.3. The van der Waals surface area contributed by atoms with Gasteiger partial charge in [0.1, 0.15) is 18.6 Å². The second-order valence-electron chi connectivity index (χ2n) is 9.13. The average molecular weight is 488 g/mol. The number of halogens is 2. The van der Waals surface area contributed by atoms with Gasteiger partial charge in [-0.25, -0.2) is 18.4 Å². The van der Waals surface area contributed by atoms with E-state index < -0.39 is 48.3 Å². The van der Waals surface area contributed by atoms with Gasteiger partial charge in [0, 0.05) is 19.0 Å². The minimum Gasteiger partial charge on any atom is -0.480 e. The Labute approximate surface area is 201 Å². The summed E-state index contributed by atoms with van der Waals surface area (Å²) >= 11 is 0. The molecule has 35 heavy (non-hydrogen) atoms. The Morgan fingerprint density at radius 3 is 2.17 bits per heavy atom. The first-order valence-electron chi connectivity index (χ1n) is 11.3. The zero-order chi connectivity index (χ0) is 25.3. The number of ether oxygens (including phenoxy) is 1. The van der Waals surface area contributed by atoms with Crippen LogP contribution in [-0.4, -0.2) is 73.7 Å². The van der Waals surface area contributed by atoms with Crippen LogP contribution < -0.4 is 10.6 Å². The van der Waals surface area contributed by atoms with Gasteiger partial charge in [0.2, 0.25) is 5.91 Å². The third kappa shape index (κ3) is 4.97. The van der Waals surface area contributed by atoms with Crippen LogP contribution in [0.5, 0.6) is 0 Å². The van der Waals surface area contributed by atoms with Gasteiger partial charge in [-0.1, -0.05) is 48.5 Å². The molecule has 4 rings (SSSR count). The van der Waals surface area contributed by atoms with Crippen LogP contribution in [0, 0.1) is 11.8 Å². The number of carbonyl (C=O) groups is 3. The number of nitrogens with zero attached hydrogens (tertiary/aromatic N) is 1. The molecule has 0 saturated heterocycles. The third-order valence-corrected chi connectivity index (χ3v) is 6.46. The van der Waals surface area contributed by atoms with Crippen LogP contribution in [0.3, 0.4) is 0 Å². The number of rotatable bonds is 9. The predicted molar refractivity (Wildman–Crippen MR) is 123 cm³/mol. The fourth-order valence-corrected chi connectivity index (χ4v) is 4.66. The molecule has 186 valence electrons. The SMILES string of the molecule is CN(C)C[C@H](NC(=O)[C@@H]1[C@H](CNC(=O)OCC2c3ccccc3-c3ccccc32)C1(F)F)C(=O)O. The lowest BCUT2D eigenvalue weighted by Crippen LogP contribution is -2.48. The van der Waals surface area contributed by atoms with Crippen LogP contribution >= 0.6 is 0 Å². The zero-order valence-electron chi connectivity index (χ0n) is 19.3. The number of carbonyl (C=O) groups excluding carboxylic acids is 2. The van der Waals surface area contributed by atoms with Crippen molar-refractivity contribution in [1.29, 1.82) is 0 Å². The lowest BCUT2D eigenvalue weighted by molar-refractivity contribution is -0.142. The van der Waals surface area contributed by atoms with E-state index in [-0.39, 0.29) is 19.1 Å². The molecule has 2 aliphatic carbocycles. The number of aliphatic carboxylic acids is 1. The number of alkyl halides is 2. The van der Waals surface area contributed by atoms with Gasteiger partial charge in [0.25, 0.3) is 5.92 Å². The summed E-state index contributed by atoms with van der Waals surface area (Å²) in [5.41, 5.74) is 4.19.